The Kier molecular flexibility index (Phi) is 7.45. The van der Waals surface area contributed by atoms with Gasteiger partial charge >= 0.3 is 12.1 Å². The molecule has 216 valence electrons. The number of hydrogen-bond donors (Lipinski definition) is 1. The summed E-state index contributed by atoms with van der Waals surface area (Å²) in [5.74, 6) is -0.807. The number of benzene rings is 3. The highest BCUT2D eigenvalue weighted by Crippen LogP contribution is 2.40. The van der Waals surface area contributed by atoms with Gasteiger partial charge in [-0.2, -0.15) is 13.2 Å². The van der Waals surface area contributed by atoms with Crippen LogP contribution in [0.1, 0.15) is 46.1 Å². The van der Waals surface area contributed by atoms with Gasteiger partial charge in [-0.05, 0) is 89.1 Å². The molecule has 1 unspecified atom stereocenters. The molecule has 0 spiro atoms. The molecule has 9 heteroatoms. The van der Waals surface area contributed by atoms with Crippen molar-refractivity contribution >= 4 is 45.8 Å². The summed E-state index contributed by atoms with van der Waals surface area (Å²) in [6.07, 6.45) is -1.31. The van der Waals surface area contributed by atoms with Gasteiger partial charge < -0.3 is 14.7 Å². The Labute approximate surface area is 246 Å². The van der Waals surface area contributed by atoms with E-state index in [0.29, 0.717) is 59.3 Å². The van der Waals surface area contributed by atoms with Crippen molar-refractivity contribution in [2.45, 2.75) is 25.9 Å². The van der Waals surface area contributed by atoms with Gasteiger partial charge in [0.15, 0.2) is 0 Å². The molecule has 4 aromatic rings. The molecule has 0 amide bonds. The third-order valence-corrected chi connectivity index (χ3v) is 8.25. The first-order valence-electron chi connectivity index (χ1n) is 13.8. The molecule has 0 bridgehead atoms. The molecule has 2 heterocycles. The number of hydrogen-bond acceptors (Lipinski definition) is 4. The minimum atomic E-state index is -4.56. The summed E-state index contributed by atoms with van der Waals surface area (Å²) in [5, 5.41) is 10.6. The lowest BCUT2D eigenvalue weighted by Gasteiger charge is -2.29. The predicted octanol–water partition coefficient (Wildman–Crippen LogP) is 8.23. The molecule has 1 fully saturated rings. The first kappa shape index (κ1) is 28.2. The second-order valence-corrected chi connectivity index (χ2v) is 11.3. The Balaban J connectivity index is 1.45. The largest absolute Gasteiger partial charge is 0.478 e. The van der Waals surface area contributed by atoms with E-state index in [9.17, 15) is 23.1 Å². The number of carboxylic acid groups (broad SMARTS) is 1. The third-order valence-electron chi connectivity index (χ3n) is 7.92. The molecule has 1 saturated heterocycles. The highest BCUT2D eigenvalue weighted by Gasteiger charge is 2.33. The van der Waals surface area contributed by atoms with E-state index in [2.05, 4.69) is 11.8 Å². The van der Waals surface area contributed by atoms with Crippen molar-refractivity contribution in [3.05, 3.63) is 93.6 Å². The fourth-order valence-electron chi connectivity index (χ4n) is 5.97. The third kappa shape index (κ3) is 5.49. The number of ether oxygens (including phenoxy) is 1. The van der Waals surface area contributed by atoms with E-state index < -0.39 is 17.7 Å². The van der Waals surface area contributed by atoms with Crippen LogP contribution >= 0.6 is 11.6 Å². The van der Waals surface area contributed by atoms with Gasteiger partial charge in [-0.1, -0.05) is 42.8 Å². The summed E-state index contributed by atoms with van der Waals surface area (Å²) < 4.78 is 45.9. The number of allylic oxidation sites excluding steroid dienone is 1. The standard InChI is InChI=1S/C33H28ClF3N2O3/c1-19-13-23(16-20-3-2-4-21(15-20)22-5-8-28(34)27(17-22)33(35,36)37)31-26(14-19)30(32(40)41)25-7-6-24(18-29(25)38-31)39-9-11-42-12-10-39/h2-8,15-19H,9-14H2,1H3,(H,40,41)/b23-16+. The Hall–Kier alpha value is -3.88. The minimum absolute atomic E-state index is 0.183. The van der Waals surface area contributed by atoms with Crippen LogP contribution in [0.5, 0.6) is 0 Å². The number of aromatic carboxylic acids is 1. The zero-order valence-electron chi connectivity index (χ0n) is 22.8. The van der Waals surface area contributed by atoms with Crippen LogP contribution in [0.2, 0.25) is 5.02 Å². The molecule has 0 saturated carbocycles. The van der Waals surface area contributed by atoms with E-state index >= 15 is 0 Å². The zero-order chi connectivity index (χ0) is 29.6. The summed E-state index contributed by atoms with van der Waals surface area (Å²) in [5.41, 5.74) is 5.05. The van der Waals surface area contributed by atoms with Gasteiger partial charge in [-0.25, -0.2) is 9.78 Å². The van der Waals surface area contributed by atoms with Crippen LogP contribution in [0.15, 0.2) is 60.7 Å². The number of alkyl halides is 3. The summed E-state index contributed by atoms with van der Waals surface area (Å²) in [6, 6.07) is 16.9. The highest BCUT2D eigenvalue weighted by molar-refractivity contribution is 6.31. The lowest BCUT2D eigenvalue weighted by molar-refractivity contribution is -0.137. The van der Waals surface area contributed by atoms with Crippen molar-refractivity contribution in [2.75, 3.05) is 31.2 Å². The number of rotatable bonds is 4. The van der Waals surface area contributed by atoms with Crippen molar-refractivity contribution in [1.29, 1.82) is 0 Å². The lowest BCUT2D eigenvalue weighted by Crippen LogP contribution is -2.36. The van der Waals surface area contributed by atoms with Gasteiger partial charge in [-0.3, -0.25) is 0 Å². The molecule has 1 aromatic heterocycles. The minimum Gasteiger partial charge on any atom is -0.478 e. The smallest absolute Gasteiger partial charge is 0.417 e. The van der Waals surface area contributed by atoms with E-state index in [1.165, 1.54) is 6.07 Å². The number of halogens is 4. The SMILES string of the molecule is CC1C/C(=C\c2cccc(-c3ccc(Cl)c(C(F)(F)F)c3)c2)c2nc3cc(N4CCOCC4)ccc3c(C(=O)O)c2C1. The van der Waals surface area contributed by atoms with Gasteiger partial charge in [-0.15, -0.1) is 0 Å². The predicted molar refractivity (Wildman–Crippen MR) is 159 cm³/mol. The molecule has 42 heavy (non-hydrogen) atoms. The lowest BCUT2D eigenvalue weighted by atomic mass is 9.80. The molecule has 1 aliphatic heterocycles. The van der Waals surface area contributed by atoms with Crippen LogP contribution in [-0.4, -0.2) is 42.4 Å². The Morgan fingerprint density at radius 1 is 1.05 bits per heavy atom. The Bertz CT molecular complexity index is 1730. The molecular weight excluding hydrogens is 565 g/mol. The van der Waals surface area contributed by atoms with E-state index in [0.717, 1.165) is 36.0 Å². The van der Waals surface area contributed by atoms with Gasteiger partial charge in [0.05, 0.1) is 40.6 Å². The second kappa shape index (κ2) is 11.1. The topological polar surface area (TPSA) is 62.7 Å². The molecule has 2 aliphatic rings. The van der Waals surface area contributed by atoms with Crippen LogP contribution in [0, 0.1) is 5.92 Å². The molecule has 1 N–H and O–H groups in total. The summed E-state index contributed by atoms with van der Waals surface area (Å²) >= 11 is 5.83. The van der Waals surface area contributed by atoms with Crippen LogP contribution in [0.25, 0.3) is 33.7 Å². The number of carboxylic acids is 1. The molecule has 6 rings (SSSR count). The van der Waals surface area contributed by atoms with Crippen molar-refractivity contribution < 1.29 is 27.8 Å². The van der Waals surface area contributed by atoms with Gasteiger partial charge in [0.2, 0.25) is 0 Å². The summed E-state index contributed by atoms with van der Waals surface area (Å²) in [6.45, 7) is 4.84. The number of nitrogens with zero attached hydrogens (tertiary/aromatic N) is 2. The number of aromatic nitrogens is 1. The first-order valence-corrected chi connectivity index (χ1v) is 14.2. The quantitative estimate of drug-likeness (QED) is 0.259. The number of carbonyl (C=O) groups is 1. The van der Waals surface area contributed by atoms with Crippen LogP contribution in [0.3, 0.4) is 0 Å². The average Bonchev–Trinajstić information content (AvgIpc) is 2.96. The summed E-state index contributed by atoms with van der Waals surface area (Å²) in [7, 11) is 0. The van der Waals surface area contributed by atoms with Crippen LogP contribution < -0.4 is 4.90 Å². The van der Waals surface area contributed by atoms with Crippen LogP contribution in [-0.2, 0) is 17.3 Å². The molecule has 5 nitrogen and oxygen atoms in total. The number of pyridine rings is 1. The Morgan fingerprint density at radius 2 is 1.81 bits per heavy atom. The normalized spacial score (nSPS) is 18.4. The maximum atomic E-state index is 13.5. The average molecular weight is 593 g/mol. The number of anilines is 1. The molecule has 3 aromatic carbocycles. The maximum absolute atomic E-state index is 13.5. The molecule has 1 aliphatic carbocycles. The molecular formula is C33H28ClF3N2O3. The second-order valence-electron chi connectivity index (χ2n) is 10.9. The van der Waals surface area contributed by atoms with Crippen LogP contribution in [0.4, 0.5) is 18.9 Å². The highest BCUT2D eigenvalue weighted by atomic mass is 35.5. The van der Waals surface area contributed by atoms with E-state index in [1.54, 1.807) is 18.2 Å². The number of fused-ring (bicyclic) bond motifs is 2. The monoisotopic (exact) mass is 592 g/mol. The van der Waals surface area contributed by atoms with Crippen molar-refractivity contribution in [3.63, 3.8) is 0 Å². The molecule has 0 radical (unpaired) electrons. The van der Waals surface area contributed by atoms with Crippen molar-refractivity contribution in [1.82, 2.24) is 4.98 Å². The van der Waals surface area contributed by atoms with Crippen molar-refractivity contribution in [2.24, 2.45) is 5.92 Å². The van der Waals surface area contributed by atoms with Crippen molar-refractivity contribution in [3.8, 4) is 11.1 Å². The summed E-state index contributed by atoms with van der Waals surface area (Å²) in [4.78, 5) is 19.8. The Morgan fingerprint density at radius 3 is 2.55 bits per heavy atom. The van der Waals surface area contributed by atoms with Gasteiger partial charge in [0.25, 0.3) is 0 Å². The fourth-order valence-corrected chi connectivity index (χ4v) is 6.20. The maximum Gasteiger partial charge on any atom is 0.417 e. The first-order chi connectivity index (χ1) is 20.1. The van der Waals surface area contributed by atoms with E-state index in [-0.39, 0.29) is 16.5 Å². The molecule has 1 atom stereocenters. The number of morpholine rings is 1. The zero-order valence-corrected chi connectivity index (χ0v) is 23.6. The van der Waals surface area contributed by atoms with E-state index in [1.807, 2.05) is 36.4 Å². The van der Waals surface area contributed by atoms with E-state index in [4.69, 9.17) is 21.3 Å². The van der Waals surface area contributed by atoms with Gasteiger partial charge in [0.1, 0.15) is 0 Å². The fraction of sp³-hybridized carbons (Fsp3) is 0.273. The van der Waals surface area contributed by atoms with Gasteiger partial charge in [0, 0.05) is 24.2 Å².